The summed E-state index contributed by atoms with van der Waals surface area (Å²) in [5.41, 5.74) is 8.06. The maximum Gasteiger partial charge on any atom is 0.302 e. The first-order valence-corrected chi connectivity index (χ1v) is 11.0. The quantitative estimate of drug-likeness (QED) is 0.366. The number of ether oxygens (including phenoxy) is 2. The van der Waals surface area contributed by atoms with Gasteiger partial charge in [0.25, 0.3) is 10.1 Å². The Morgan fingerprint density at radius 3 is 2.40 bits per heavy atom. The fourth-order valence-electron chi connectivity index (χ4n) is 2.60. The van der Waals surface area contributed by atoms with Crippen LogP contribution in [0.3, 0.4) is 0 Å². The lowest BCUT2D eigenvalue weighted by atomic mass is 10.2. The molecular formula is C21H30N2O6S. The van der Waals surface area contributed by atoms with Crippen molar-refractivity contribution in [3.8, 4) is 5.75 Å². The largest absolute Gasteiger partial charge is 0.492 e. The van der Waals surface area contributed by atoms with Gasteiger partial charge in [0.15, 0.2) is 0 Å². The Hall–Kier alpha value is -2.78. The van der Waals surface area contributed by atoms with E-state index in [-0.39, 0.29) is 22.3 Å². The number of anilines is 2. The fraction of sp³-hybridized carbons (Fsp3) is 0.381. The molecule has 8 nitrogen and oxygen atoms in total. The smallest absolute Gasteiger partial charge is 0.302 e. The van der Waals surface area contributed by atoms with Gasteiger partial charge >= 0.3 is 5.97 Å². The molecule has 0 aromatic heterocycles. The van der Waals surface area contributed by atoms with E-state index in [9.17, 15) is 13.2 Å². The van der Waals surface area contributed by atoms with Crippen LogP contribution in [0.4, 0.5) is 11.4 Å². The number of carbonyl (C=O) groups is 1. The van der Waals surface area contributed by atoms with Gasteiger partial charge in [-0.1, -0.05) is 12.1 Å². The van der Waals surface area contributed by atoms with Crippen molar-refractivity contribution in [3.05, 3.63) is 48.0 Å². The van der Waals surface area contributed by atoms with Crippen LogP contribution in [0.5, 0.6) is 5.75 Å². The van der Waals surface area contributed by atoms with Crippen LogP contribution in [0, 0.1) is 6.92 Å². The number of nitrogens with two attached hydrogens (primary N) is 1. The molecule has 0 unspecified atom stereocenters. The van der Waals surface area contributed by atoms with E-state index >= 15 is 0 Å². The molecule has 0 spiro atoms. The maximum absolute atomic E-state index is 10.9. The molecule has 0 saturated heterocycles. The second-order valence-electron chi connectivity index (χ2n) is 6.37. The van der Waals surface area contributed by atoms with Crippen molar-refractivity contribution < 1.29 is 27.2 Å². The zero-order chi connectivity index (χ0) is 22.7. The zero-order valence-electron chi connectivity index (χ0n) is 17.8. The number of nitrogen functional groups attached to an aromatic ring is 1. The molecule has 0 bridgehead atoms. The van der Waals surface area contributed by atoms with Crippen LogP contribution in [-0.2, 0) is 19.6 Å². The van der Waals surface area contributed by atoms with Gasteiger partial charge in [-0.15, -0.1) is 0 Å². The molecule has 9 heteroatoms. The Bertz CT molecular complexity index is 931. The molecule has 0 aliphatic heterocycles. The molecule has 166 valence electrons. The summed E-state index contributed by atoms with van der Waals surface area (Å²) in [6.45, 7) is 9.71. The van der Waals surface area contributed by atoms with E-state index in [1.165, 1.54) is 30.3 Å². The van der Waals surface area contributed by atoms with Gasteiger partial charge in [0.2, 0.25) is 0 Å². The summed E-state index contributed by atoms with van der Waals surface area (Å²) in [5.74, 6) is -0.121. The van der Waals surface area contributed by atoms with Gasteiger partial charge in [-0.3, -0.25) is 9.35 Å². The van der Waals surface area contributed by atoms with Crippen LogP contribution >= 0.6 is 0 Å². The van der Waals surface area contributed by atoms with Crippen LogP contribution in [-0.4, -0.2) is 45.2 Å². The molecule has 3 N–H and O–H groups in total. The van der Waals surface area contributed by atoms with E-state index in [2.05, 4.69) is 36.9 Å². The molecule has 2 aromatic rings. The average molecular weight is 439 g/mol. The van der Waals surface area contributed by atoms with Crippen LogP contribution in [0.25, 0.3) is 0 Å². The van der Waals surface area contributed by atoms with Crippen molar-refractivity contribution in [2.24, 2.45) is 0 Å². The molecule has 2 aromatic carbocycles. The van der Waals surface area contributed by atoms with E-state index < -0.39 is 10.1 Å². The second kappa shape index (κ2) is 12.0. The Morgan fingerprint density at radius 2 is 1.87 bits per heavy atom. The third-order valence-corrected chi connectivity index (χ3v) is 4.84. The summed E-state index contributed by atoms with van der Waals surface area (Å²) in [4.78, 5) is 12.5. The Morgan fingerprint density at radius 1 is 1.17 bits per heavy atom. The van der Waals surface area contributed by atoms with Crippen LogP contribution in [0.1, 0.15) is 26.3 Å². The van der Waals surface area contributed by atoms with Gasteiger partial charge in [0.05, 0.1) is 13.2 Å². The number of nitrogens with zero attached hydrogens (tertiary/aromatic N) is 1. The number of carbonyl (C=O) groups excluding carboxylic acids is 1. The highest BCUT2D eigenvalue weighted by Gasteiger charge is 2.16. The highest BCUT2D eigenvalue weighted by Crippen LogP contribution is 2.25. The monoisotopic (exact) mass is 438 g/mol. The van der Waals surface area contributed by atoms with Crippen molar-refractivity contribution in [1.82, 2.24) is 0 Å². The van der Waals surface area contributed by atoms with Crippen LogP contribution in [0.2, 0.25) is 0 Å². The van der Waals surface area contributed by atoms with Gasteiger partial charge in [-0.05, 0) is 56.7 Å². The van der Waals surface area contributed by atoms with Gasteiger partial charge < -0.3 is 20.1 Å². The van der Waals surface area contributed by atoms with E-state index in [0.717, 1.165) is 19.2 Å². The molecule has 0 aliphatic rings. The normalized spacial score (nSPS) is 10.6. The van der Waals surface area contributed by atoms with Crippen LogP contribution in [0.15, 0.2) is 47.4 Å². The first kappa shape index (κ1) is 25.3. The van der Waals surface area contributed by atoms with Crippen molar-refractivity contribution in [2.45, 2.75) is 32.6 Å². The van der Waals surface area contributed by atoms with E-state index in [1.54, 1.807) is 6.92 Å². The Labute approximate surface area is 178 Å². The second-order valence-corrected chi connectivity index (χ2v) is 7.76. The number of benzene rings is 2. The lowest BCUT2D eigenvalue weighted by Gasteiger charge is -2.23. The minimum absolute atomic E-state index is 0.101. The average Bonchev–Trinajstić information content (AvgIpc) is 2.66. The lowest BCUT2D eigenvalue weighted by molar-refractivity contribution is -0.140. The number of likely N-dealkylation sites (N-methyl/N-ethyl adjacent to an activating group) is 1. The van der Waals surface area contributed by atoms with E-state index in [4.69, 9.17) is 19.8 Å². The van der Waals surface area contributed by atoms with E-state index in [0.29, 0.717) is 13.2 Å². The van der Waals surface area contributed by atoms with Crippen molar-refractivity contribution >= 4 is 27.5 Å². The van der Waals surface area contributed by atoms with Gasteiger partial charge in [-0.2, -0.15) is 8.42 Å². The van der Waals surface area contributed by atoms with Crippen molar-refractivity contribution in [2.75, 3.05) is 36.9 Å². The molecular weight excluding hydrogens is 408 g/mol. The standard InChI is InChI=1S/C13H19NO2.C8H11NO4S/c1-4-14(8-9-16-12(3)15)13-7-5-6-11(2)10-13;1-2-13-7-4-3-6(9)5-8(7)14(10,11)12/h5-7,10H,4,8-9H2,1-3H3;3-5H,2,9H2,1H3,(H,10,11,12). The molecule has 2 rings (SSSR count). The van der Waals surface area contributed by atoms with Crippen LogP contribution < -0.4 is 15.4 Å². The topological polar surface area (TPSA) is 119 Å². The molecule has 0 heterocycles. The molecule has 0 fully saturated rings. The minimum atomic E-state index is -4.28. The molecule has 0 atom stereocenters. The first-order chi connectivity index (χ1) is 14.1. The molecule has 0 saturated carbocycles. The van der Waals surface area contributed by atoms with Gasteiger partial charge in [-0.25, -0.2) is 0 Å². The maximum atomic E-state index is 10.9. The predicted molar refractivity (Wildman–Crippen MR) is 118 cm³/mol. The summed E-state index contributed by atoms with van der Waals surface area (Å²) in [6, 6.07) is 12.4. The van der Waals surface area contributed by atoms with E-state index in [1.807, 2.05) is 6.07 Å². The summed E-state index contributed by atoms with van der Waals surface area (Å²) in [6.07, 6.45) is 0. The number of aryl methyl sites for hydroxylation is 1. The molecule has 30 heavy (non-hydrogen) atoms. The molecule has 0 amide bonds. The Kier molecular flexibility index (Phi) is 10.1. The van der Waals surface area contributed by atoms with Gasteiger partial charge in [0, 0.05) is 24.8 Å². The highest BCUT2D eigenvalue weighted by atomic mass is 32.2. The fourth-order valence-corrected chi connectivity index (χ4v) is 3.26. The SMILES string of the molecule is CCN(CCOC(C)=O)c1cccc(C)c1.CCOc1ccc(N)cc1S(=O)(=O)O. The number of esters is 1. The molecule has 0 radical (unpaired) electrons. The number of rotatable bonds is 8. The number of hydrogen-bond donors (Lipinski definition) is 2. The summed E-state index contributed by atoms with van der Waals surface area (Å²) in [7, 11) is -4.28. The minimum Gasteiger partial charge on any atom is -0.492 e. The lowest BCUT2D eigenvalue weighted by Crippen LogP contribution is -2.27. The highest BCUT2D eigenvalue weighted by molar-refractivity contribution is 7.86. The first-order valence-electron chi connectivity index (χ1n) is 9.53. The zero-order valence-corrected chi connectivity index (χ0v) is 18.6. The van der Waals surface area contributed by atoms with Crippen molar-refractivity contribution in [1.29, 1.82) is 0 Å². The summed E-state index contributed by atoms with van der Waals surface area (Å²) < 4.78 is 40.6. The third kappa shape index (κ3) is 8.71. The molecule has 0 aliphatic carbocycles. The Balaban J connectivity index is 0.000000303. The third-order valence-electron chi connectivity index (χ3n) is 3.96. The van der Waals surface area contributed by atoms with Gasteiger partial charge in [0.1, 0.15) is 17.3 Å². The van der Waals surface area contributed by atoms with Crippen molar-refractivity contribution in [3.63, 3.8) is 0 Å². The summed E-state index contributed by atoms with van der Waals surface area (Å²) >= 11 is 0. The number of hydrogen-bond acceptors (Lipinski definition) is 7. The summed E-state index contributed by atoms with van der Waals surface area (Å²) in [5, 5.41) is 0. The predicted octanol–water partition coefficient (Wildman–Crippen LogP) is 3.30.